The predicted molar refractivity (Wildman–Crippen MR) is 89.3 cm³/mol. The first kappa shape index (κ1) is 14.7. The molecule has 0 atom stereocenters. The zero-order valence-corrected chi connectivity index (χ0v) is 13.7. The first-order valence-electron chi connectivity index (χ1n) is 7.17. The van der Waals surface area contributed by atoms with Crippen LogP contribution in [0.4, 0.5) is 5.13 Å². The van der Waals surface area contributed by atoms with Gasteiger partial charge in [-0.2, -0.15) is 5.10 Å². The zero-order chi connectivity index (χ0) is 15.7. The first-order chi connectivity index (χ1) is 10.5. The van der Waals surface area contributed by atoms with Crippen LogP contribution < -0.4 is 5.32 Å². The molecule has 6 heteroatoms. The Balaban J connectivity index is 1.64. The number of rotatable bonds is 4. The summed E-state index contributed by atoms with van der Waals surface area (Å²) in [6, 6.07) is 6.09. The molecule has 0 aliphatic heterocycles. The fourth-order valence-corrected chi connectivity index (χ4v) is 3.29. The molecule has 2 aromatic heterocycles. The number of nitrogens with zero attached hydrogens (tertiary/aromatic N) is 3. The second-order valence-electron chi connectivity index (χ2n) is 5.42. The number of fused-ring (bicyclic) bond motifs is 1. The van der Waals surface area contributed by atoms with Crippen LogP contribution in [0.5, 0.6) is 0 Å². The summed E-state index contributed by atoms with van der Waals surface area (Å²) in [6.45, 7) is 4.06. The molecule has 0 bridgehead atoms. The molecule has 0 aliphatic carbocycles. The maximum absolute atomic E-state index is 12.1. The van der Waals surface area contributed by atoms with Crippen molar-refractivity contribution in [2.75, 3.05) is 5.32 Å². The molecular weight excluding hydrogens is 296 g/mol. The van der Waals surface area contributed by atoms with Crippen molar-refractivity contribution in [1.82, 2.24) is 14.8 Å². The molecule has 0 saturated heterocycles. The van der Waals surface area contributed by atoms with Gasteiger partial charge in [-0.1, -0.05) is 17.4 Å². The van der Waals surface area contributed by atoms with Gasteiger partial charge in [0.25, 0.3) is 0 Å². The molecular formula is C16H18N4OS. The maximum atomic E-state index is 12.1. The van der Waals surface area contributed by atoms with Crippen LogP contribution in [0.25, 0.3) is 10.2 Å². The molecule has 0 fully saturated rings. The smallest absolute Gasteiger partial charge is 0.226 e. The van der Waals surface area contributed by atoms with Crippen LogP contribution >= 0.6 is 11.3 Å². The van der Waals surface area contributed by atoms with Crippen LogP contribution in [0.15, 0.2) is 24.4 Å². The number of nitrogens with one attached hydrogen (secondary N) is 1. The molecule has 3 aromatic rings. The molecule has 0 spiro atoms. The Bertz CT molecular complexity index is 834. The second-order valence-corrected chi connectivity index (χ2v) is 6.45. The number of thiazole rings is 1. The highest BCUT2D eigenvalue weighted by molar-refractivity contribution is 7.22. The van der Waals surface area contributed by atoms with Crippen LogP contribution in [0.1, 0.15) is 23.2 Å². The largest absolute Gasteiger partial charge is 0.302 e. The lowest BCUT2D eigenvalue weighted by Gasteiger charge is -2.01. The average molecular weight is 314 g/mol. The molecule has 1 aromatic carbocycles. The Morgan fingerprint density at radius 2 is 2.18 bits per heavy atom. The molecule has 1 amide bonds. The van der Waals surface area contributed by atoms with E-state index in [-0.39, 0.29) is 5.91 Å². The van der Waals surface area contributed by atoms with Crippen molar-refractivity contribution in [2.24, 2.45) is 7.05 Å². The minimum atomic E-state index is -0.0148. The number of anilines is 1. The fraction of sp³-hybridized carbons (Fsp3) is 0.312. The highest BCUT2D eigenvalue weighted by Crippen LogP contribution is 2.26. The summed E-state index contributed by atoms with van der Waals surface area (Å²) in [7, 11) is 1.90. The lowest BCUT2D eigenvalue weighted by molar-refractivity contribution is -0.116. The topological polar surface area (TPSA) is 59.8 Å². The Kier molecular flexibility index (Phi) is 3.94. The van der Waals surface area contributed by atoms with E-state index in [1.54, 1.807) is 0 Å². The van der Waals surface area contributed by atoms with Crippen LogP contribution in [-0.2, 0) is 18.3 Å². The van der Waals surface area contributed by atoms with Crippen molar-refractivity contribution >= 4 is 32.6 Å². The van der Waals surface area contributed by atoms with Crippen molar-refractivity contribution in [3.8, 4) is 0 Å². The highest BCUT2D eigenvalue weighted by Gasteiger charge is 2.10. The van der Waals surface area contributed by atoms with E-state index in [1.807, 2.05) is 43.9 Å². The van der Waals surface area contributed by atoms with E-state index in [1.165, 1.54) is 16.9 Å². The van der Waals surface area contributed by atoms with E-state index < -0.39 is 0 Å². The van der Waals surface area contributed by atoms with Gasteiger partial charge >= 0.3 is 0 Å². The van der Waals surface area contributed by atoms with Gasteiger partial charge in [0.1, 0.15) is 0 Å². The van der Waals surface area contributed by atoms with Crippen molar-refractivity contribution in [3.05, 3.63) is 41.2 Å². The van der Waals surface area contributed by atoms with Gasteiger partial charge < -0.3 is 5.32 Å². The molecule has 0 aliphatic rings. The Morgan fingerprint density at radius 1 is 1.36 bits per heavy atom. The minimum Gasteiger partial charge on any atom is -0.302 e. The van der Waals surface area contributed by atoms with Gasteiger partial charge in [0.15, 0.2) is 5.13 Å². The van der Waals surface area contributed by atoms with Gasteiger partial charge in [-0.25, -0.2) is 4.98 Å². The number of aryl methyl sites for hydroxylation is 3. The maximum Gasteiger partial charge on any atom is 0.226 e. The van der Waals surface area contributed by atoms with E-state index in [4.69, 9.17) is 0 Å². The van der Waals surface area contributed by atoms with Crippen LogP contribution in [0.2, 0.25) is 0 Å². The molecule has 3 rings (SSSR count). The summed E-state index contributed by atoms with van der Waals surface area (Å²) in [4.78, 5) is 16.5. The lowest BCUT2D eigenvalue weighted by Crippen LogP contribution is -2.12. The monoisotopic (exact) mass is 314 g/mol. The van der Waals surface area contributed by atoms with Gasteiger partial charge in [-0.3, -0.25) is 9.48 Å². The fourth-order valence-electron chi connectivity index (χ4n) is 2.30. The number of benzene rings is 1. The second kappa shape index (κ2) is 5.88. The summed E-state index contributed by atoms with van der Waals surface area (Å²) in [5.74, 6) is -0.0148. The molecule has 5 nitrogen and oxygen atoms in total. The molecule has 114 valence electrons. The van der Waals surface area contributed by atoms with Crippen molar-refractivity contribution in [3.63, 3.8) is 0 Å². The number of carbonyl (C=O) groups excluding carboxylic acids is 1. The van der Waals surface area contributed by atoms with E-state index in [9.17, 15) is 4.79 Å². The SMILES string of the molecule is Cc1ccc2nc(NC(=O)CCc3cnn(C)c3C)sc2c1. The highest BCUT2D eigenvalue weighted by atomic mass is 32.1. The lowest BCUT2D eigenvalue weighted by atomic mass is 10.1. The number of aromatic nitrogens is 3. The summed E-state index contributed by atoms with van der Waals surface area (Å²) < 4.78 is 2.92. The van der Waals surface area contributed by atoms with Crippen molar-refractivity contribution < 1.29 is 4.79 Å². The minimum absolute atomic E-state index is 0.0148. The molecule has 1 N–H and O–H groups in total. The van der Waals surface area contributed by atoms with Gasteiger partial charge in [0.05, 0.1) is 16.4 Å². The van der Waals surface area contributed by atoms with Gasteiger partial charge in [0, 0.05) is 19.2 Å². The Morgan fingerprint density at radius 3 is 2.91 bits per heavy atom. The van der Waals surface area contributed by atoms with Gasteiger partial charge in [-0.15, -0.1) is 0 Å². The van der Waals surface area contributed by atoms with Crippen molar-refractivity contribution in [1.29, 1.82) is 0 Å². The third-order valence-corrected chi connectivity index (χ3v) is 4.68. The van der Waals surface area contributed by atoms with Gasteiger partial charge in [-0.05, 0) is 43.5 Å². The summed E-state index contributed by atoms with van der Waals surface area (Å²) in [5, 5.41) is 7.74. The van der Waals surface area contributed by atoms with Crippen molar-refractivity contribution in [2.45, 2.75) is 26.7 Å². The number of amides is 1. The number of carbonyl (C=O) groups is 1. The van der Waals surface area contributed by atoms with Crippen LogP contribution in [0.3, 0.4) is 0 Å². The molecule has 0 unspecified atom stereocenters. The van der Waals surface area contributed by atoms with Crippen LogP contribution in [-0.4, -0.2) is 20.7 Å². The van der Waals surface area contributed by atoms with Gasteiger partial charge in [0.2, 0.25) is 5.91 Å². The van der Waals surface area contributed by atoms with E-state index in [0.29, 0.717) is 18.0 Å². The van der Waals surface area contributed by atoms with E-state index in [2.05, 4.69) is 21.5 Å². The normalized spacial score (nSPS) is 11.0. The average Bonchev–Trinajstić information content (AvgIpc) is 3.01. The first-order valence-corrected chi connectivity index (χ1v) is 7.99. The van der Waals surface area contributed by atoms with Crippen LogP contribution in [0, 0.1) is 13.8 Å². The quantitative estimate of drug-likeness (QED) is 0.804. The standard InChI is InChI=1S/C16H18N4OS/c1-10-4-6-13-14(8-10)22-16(18-13)19-15(21)7-5-12-9-17-20(3)11(12)2/h4,6,8-9H,5,7H2,1-3H3,(H,18,19,21). The van der Waals surface area contributed by atoms with E-state index in [0.717, 1.165) is 21.5 Å². The summed E-state index contributed by atoms with van der Waals surface area (Å²) in [5.41, 5.74) is 4.33. The molecule has 0 saturated carbocycles. The number of hydrogen-bond acceptors (Lipinski definition) is 4. The molecule has 0 radical (unpaired) electrons. The van der Waals surface area contributed by atoms with E-state index >= 15 is 0 Å². The Hall–Kier alpha value is -2.21. The Labute approximate surface area is 133 Å². The molecule has 2 heterocycles. The third-order valence-electron chi connectivity index (χ3n) is 3.75. The molecule has 22 heavy (non-hydrogen) atoms. The predicted octanol–water partition coefficient (Wildman–Crippen LogP) is 3.22. The zero-order valence-electron chi connectivity index (χ0n) is 12.9. The third kappa shape index (κ3) is 3.01. The summed E-state index contributed by atoms with van der Waals surface area (Å²) in [6.07, 6.45) is 2.94. The number of hydrogen-bond donors (Lipinski definition) is 1. The summed E-state index contributed by atoms with van der Waals surface area (Å²) >= 11 is 1.51.